The van der Waals surface area contributed by atoms with E-state index in [1.807, 2.05) is 6.20 Å². The Kier molecular flexibility index (Phi) is 3.44. The van der Waals surface area contributed by atoms with E-state index in [2.05, 4.69) is 24.9 Å². The Morgan fingerprint density at radius 1 is 1.50 bits per heavy atom. The molecule has 1 aromatic rings. The number of nitrogens with zero attached hydrogens (tertiary/aromatic N) is 1. The molecule has 0 aliphatic heterocycles. The Morgan fingerprint density at radius 2 is 2.25 bits per heavy atom. The molecule has 0 radical (unpaired) electrons. The maximum atomic E-state index is 8.76. The topological polar surface area (TPSA) is 42.4 Å². The zero-order valence-electron chi connectivity index (χ0n) is 9.94. The third-order valence-electron chi connectivity index (χ3n) is 2.90. The fourth-order valence-electron chi connectivity index (χ4n) is 1.80. The average Bonchev–Trinajstić information content (AvgIpc) is 3.09. The van der Waals surface area contributed by atoms with Crippen LogP contribution >= 0.6 is 0 Å². The first-order valence-corrected chi connectivity index (χ1v) is 5.96. The van der Waals surface area contributed by atoms with Gasteiger partial charge in [-0.3, -0.25) is 0 Å². The first-order chi connectivity index (χ1) is 7.72. The van der Waals surface area contributed by atoms with E-state index >= 15 is 0 Å². The Hall–Kier alpha value is -1.09. The molecule has 0 aromatic carbocycles. The fourth-order valence-corrected chi connectivity index (χ4v) is 1.80. The summed E-state index contributed by atoms with van der Waals surface area (Å²) < 4.78 is 5.44. The van der Waals surface area contributed by atoms with Gasteiger partial charge in [-0.2, -0.15) is 0 Å². The van der Waals surface area contributed by atoms with Crippen LogP contribution in [0.25, 0.3) is 0 Å². The number of ether oxygens (including phenoxy) is 1. The molecule has 0 saturated heterocycles. The van der Waals surface area contributed by atoms with Crippen molar-refractivity contribution < 1.29 is 9.84 Å². The Balaban J connectivity index is 2.21. The van der Waals surface area contributed by atoms with E-state index in [4.69, 9.17) is 9.84 Å². The number of aliphatic hydroxyl groups is 1. The maximum Gasteiger partial charge on any atom is 0.216 e. The molecule has 0 bridgehead atoms. The summed E-state index contributed by atoms with van der Waals surface area (Å²) in [7, 11) is 0. The van der Waals surface area contributed by atoms with Gasteiger partial charge in [0.2, 0.25) is 5.88 Å². The largest absolute Gasteiger partial charge is 0.475 e. The molecule has 0 spiro atoms. The number of aromatic nitrogens is 1. The summed E-state index contributed by atoms with van der Waals surface area (Å²) in [5.41, 5.74) is 2.48. The minimum atomic E-state index is 0.0313. The minimum Gasteiger partial charge on any atom is -0.475 e. The summed E-state index contributed by atoms with van der Waals surface area (Å²) in [6.45, 7) is 4.62. The lowest BCUT2D eigenvalue weighted by molar-refractivity contribution is 0.195. The van der Waals surface area contributed by atoms with Gasteiger partial charge in [0.25, 0.3) is 0 Å². The standard InChI is InChI=1S/C13H19NO2/c1-9(2)12-7-11(10-3-4-10)8-14-13(12)16-6-5-15/h7-10,15H,3-6H2,1-2H3. The molecule has 3 nitrogen and oxygen atoms in total. The van der Waals surface area contributed by atoms with Crippen LogP contribution in [0.1, 0.15) is 49.7 Å². The zero-order valence-corrected chi connectivity index (χ0v) is 9.94. The molecule has 1 heterocycles. The van der Waals surface area contributed by atoms with E-state index < -0.39 is 0 Å². The van der Waals surface area contributed by atoms with Crippen LogP contribution in [0.15, 0.2) is 12.3 Å². The van der Waals surface area contributed by atoms with E-state index in [0.29, 0.717) is 18.4 Å². The number of rotatable bonds is 5. The van der Waals surface area contributed by atoms with E-state index in [-0.39, 0.29) is 6.61 Å². The SMILES string of the molecule is CC(C)c1cc(C2CC2)cnc1OCCO. The fraction of sp³-hybridized carbons (Fsp3) is 0.615. The molecule has 2 rings (SSSR count). The number of hydrogen-bond acceptors (Lipinski definition) is 3. The first-order valence-electron chi connectivity index (χ1n) is 5.96. The highest BCUT2D eigenvalue weighted by Crippen LogP contribution is 2.41. The van der Waals surface area contributed by atoms with Crippen molar-refractivity contribution in [1.82, 2.24) is 4.98 Å². The van der Waals surface area contributed by atoms with E-state index in [9.17, 15) is 0 Å². The molecule has 1 fully saturated rings. The third-order valence-corrected chi connectivity index (χ3v) is 2.90. The van der Waals surface area contributed by atoms with Crippen molar-refractivity contribution >= 4 is 0 Å². The Morgan fingerprint density at radius 3 is 2.81 bits per heavy atom. The van der Waals surface area contributed by atoms with Gasteiger partial charge >= 0.3 is 0 Å². The lowest BCUT2D eigenvalue weighted by Gasteiger charge is -2.13. The van der Waals surface area contributed by atoms with Gasteiger partial charge in [0.05, 0.1) is 6.61 Å². The van der Waals surface area contributed by atoms with Gasteiger partial charge in [-0.05, 0) is 36.3 Å². The Labute approximate surface area is 96.5 Å². The van der Waals surface area contributed by atoms with Crippen molar-refractivity contribution in [3.63, 3.8) is 0 Å². The molecule has 0 atom stereocenters. The summed E-state index contributed by atoms with van der Waals surface area (Å²) in [6, 6.07) is 2.21. The van der Waals surface area contributed by atoms with Crippen molar-refractivity contribution in [3.8, 4) is 5.88 Å². The van der Waals surface area contributed by atoms with Crippen LogP contribution in [0, 0.1) is 0 Å². The van der Waals surface area contributed by atoms with Crippen LogP contribution in [0.2, 0.25) is 0 Å². The molecule has 1 aromatic heterocycles. The van der Waals surface area contributed by atoms with Crippen LogP contribution in [0.3, 0.4) is 0 Å². The van der Waals surface area contributed by atoms with Gasteiger partial charge in [0.15, 0.2) is 0 Å². The second-order valence-corrected chi connectivity index (χ2v) is 4.66. The highest BCUT2D eigenvalue weighted by atomic mass is 16.5. The second kappa shape index (κ2) is 4.83. The van der Waals surface area contributed by atoms with Crippen LogP contribution < -0.4 is 4.74 Å². The summed E-state index contributed by atoms with van der Waals surface area (Å²) in [5, 5.41) is 8.76. The third kappa shape index (κ3) is 2.53. The zero-order chi connectivity index (χ0) is 11.5. The van der Waals surface area contributed by atoms with Crippen molar-refractivity contribution in [2.45, 2.75) is 38.5 Å². The predicted molar refractivity (Wildman–Crippen MR) is 62.9 cm³/mol. The highest BCUT2D eigenvalue weighted by Gasteiger charge is 2.25. The van der Waals surface area contributed by atoms with Crippen LogP contribution in [0.4, 0.5) is 0 Å². The average molecular weight is 221 g/mol. The minimum absolute atomic E-state index is 0.0313. The van der Waals surface area contributed by atoms with Gasteiger partial charge in [-0.25, -0.2) is 4.98 Å². The van der Waals surface area contributed by atoms with Crippen molar-refractivity contribution in [3.05, 3.63) is 23.4 Å². The molecule has 3 heteroatoms. The molecule has 1 saturated carbocycles. The van der Waals surface area contributed by atoms with Crippen molar-refractivity contribution in [1.29, 1.82) is 0 Å². The predicted octanol–water partition coefficient (Wildman–Crippen LogP) is 2.45. The molecule has 0 unspecified atom stereocenters. The van der Waals surface area contributed by atoms with Crippen LogP contribution in [-0.4, -0.2) is 23.3 Å². The summed E-state index contributed by atoms with van der Waals surface area (Å²) >= 11 is 0. The van der Waals surface area contributed by atoms with Gasteiger partial charge < -0.3 is 9.84 Å². The van der Waals surface area contributed by atoms with Gasteiger partial charge in [0.1, 0.15) is 6.61 Å². The quantitative estimate of drug-likeness (QED) is 0.830. The van der Waals surface area contributed by atoms with Crippen LogP contribution in [-0.2, 0) is 0 Å². The first kappa shape index (κ1) is 11.4. The monoisotopic (exact) mass is 221 g/mol. The van der Waals surface area contributed by atoms with Crippen LogP contribution in [0.5, 0.6) is 5.88 Å². The molecular formula is C13H19NO2. The number of pyridine rings is 1. The molecular weight excluding hydrogens is 202 g/mol. The second-order valence-electron chi connectivity index (χ2n) is 4.66. The highest BCUT2D eigenvalue weighted by molar-refractivity contribution is 5.35. The molecule has 16 heavy (non-hydrogen) atoms. The maximum absolute atomic E-state index is 8.76. The van der Waals surface area contributed by atoms with E-state index in [0.717, 1.165) is 11.5 Å². The van der Waals surface area contributed by atoms with E-state index in [1.165, 1.54) is 18.4 Å². The lowest BCUT2D eigenvalue weighted by atomic mass is 10.0. The summed E-state index contributed by atoms with van der Waals surface area (Å²) in [5.74, 6) is 1.80. The number of hydrogen-bond donors (Lipinski definition) is 1. The van der Waals surface area contributed by atoms with Gasteiger partial charge in [-0.1, -0.05) is 13.8 Å². The summed E-state index contributed by atoms with van der Waals surface area (Å²) in [4.78, 5) is 4.37. The van der Waals surface area contributed by atoms with Gasteiger partial charge in [-0.15, -0.1) is 0 Å². The lowest BCUT2D eigenvalue weighted by Crippen LogP contribution is -2.06. The normalized spacial score (nSPS) is 15.5. The molecule has 88 valence electrons. The smallest absolute Gasteiger partial charge is 0.216 e. The Bertz CT molecular complexity index is 359. The van der Waals surface area contributed by atoms with Crippen molar-refractivity contribution in [2.75, 3.05) is 13.2 Å². The van der Waals surface area contributed by atoms with Gasteiger partial charge in [0, 0.05) is 11.8 Å². The molecule has 1 aliphatic rings. The van der Waals surface area contributed by atoms with E-state index in [1.54, 1.807) is 0 Å². The summed E-state index contributed by atoms with van der Waals surface area (Å²) in [6.07, 6.45) is 4.49. The molecule has 1 N–H and O–H groups in total. The molecule has 0 amide bonds. The molecule has 1 aliphatic carbocycles. The van der Waals surface area contributed by atoms with Crippen molar-refractivity contribution in [2.24, 2.45) is 0 Å². The number of aliphatic hydroxyl groups excluding tert-OH is 1.